The number of carbonyl (C=O) groups is 1. The fourth-order valence-corrected chi connectivity index (χ4v) is 3.60. The summed E-state index contributed by atoms with van der Waals surface area (Å²) in [4.78, 5) is 12.1. The van der Waals surface area contributed by atoms with Gasteiger partial charge in [0.05, 0.1) is 6.04 Å². The number of halogens is 2. The molecule has 0 radical (unpaired) electrons. The monoisotopic (exact) mass is 328 g/mol. The summed E-state index contributed by atoms with van der Waals surface area (Å²) >= 11 is 6.20. The van der Waals surface area contributed by atoms with Crippen molar-refractivity contribution in [1.82, 2.24) is 10.6 Å². The highest BCUT2D eigenvalue weighted by atomic mass is 35.5. The second-order valence-corrected chi connectivity index (χ2v) is 6.27. The van der Waals surface area contributed by atoms with Gasteiger partial charge in [0, 0.05) is 11.4 Å². The summed E-state index contributed by atoms with van der Waals surface area (Å²) in [5.74, 6) is 0.848. The first-order valence-electron chi connectivity index (χ1n) is 7.51. The number of hydrogen-bond acceptors (Lipinski definition) is 2. The smallest absolute Gasteiger partial charge is 0.220 e. The van der Waals surface area contributed by atoms with Crippen LogP contribution in [0.1, 0.15) is 42.9 Å². The number of fused-ring (bicyclic) bond motifs is 1. The van der Waals surface area contributed by atoms with Crippen LogP contribution in [0.3, 0.4) is 0 Å². The molecule has 2 aliphatic rings. The van der Waals surface area contributed by atoms with Crippen LogP contribution in [0.5, 0.6) is 0 Å². The van der Waals surface area contributed by atoms with Gasteiger partial charge in [0.2, 0.25) is 5.91 Å². The first kappa shape index (κ1) is 16.6. The largest absolute Gasteiger partial charge is 0.349 e. The number of rotatable bonds is 4. The Hall–Kier alpha value is -0.770. The summed E-state index contributed by atoms with van der Waals surface area (Å²) in [5, 5.41) is 7.34. The van der Waals surface area contributed by atoms with Crippen molar-refractivity contribution in [2.75, 3.05) is 13.1 Å². The van der Waals surface area contributed by atoms with Gasteiger partial charge in [-0.15, -0.1) is 12.4 Å². The van der Waals surface area contributed by atoms with Crippen LogP contribution in [0.15, 0.2) is 18.2 Å². The van der Waals surface area contributed by atoms with Crippen molar-refractivity contribution in [3.8, 4) is 0 Å². The van der Waals surface area contributed by atoms with E-state index in [4.69, 9.17) is 11.6 Å². The molecule has 1 heterocycles. The van der Waals surface area contributed by atoms with Gasteiger partial charge in [0.15, 0.2) is 0 Å². The molecule has 1 aromatic rings. The van der Waals surface area contributed by atoms with E-state index in [1.165, 1.54) is 17.5 Å². The predicted octanol–water partition coefficient (Wildman–Crippen LogP) is 3.26. The Morgan fingerprint density at radius 2 is 2.24 bits per heavy atom. The number of amides is 1. The van der Waals surface area contributed by atoms with Gasteiger partial charge < -0.3 is 10.6 Å². The summed E-state index contributed by atoms with van der Waals surface area (Å²) in [5.41, 5.74) is 2.41. The van der Waals surface area contributed by atoms with E-state index in [-0.39, 0.29) is 24.4 Å². The lowest BCUT2D eigenvalue weighted by Crippen LogP contribution is -2.27. The Bertz CT molecular complexity index is 501. The van der Waals surface area contributed by atoms with Crippen LogP contribution in [0.4, 0.5) is 0 Å². The Morgan fingerprint density at radius 3 is 3.00 bits per heavy atom. The quantitative estimate of drug-likeness (QED) is 0.890. The third kappa shape index (κ3) is 3.91. The van der Waals surface area contributed by atoms with Crippen molar-refractivity contribution < 1.29 is 4.79 Å². The maximum atomic E-state index is 12.1. The third-order valence-electron chi connectivity index (χ3n) is 4.49. The van der Waals surface area contributed by atoms with Crippen molar-refractivity contribution in [3.05, 3.63) is 34.3 Å². The standard InChI is InChI=1S/C16H21ClN2O.ClH/c17-14-3-1-2-13-12(14)5-6-15(13)19-16(20)7-4-11-8-9-18-10-11;/h1-3,11,15,18H,4-10H2,(H,19,20);1H. The Labute approximate surface area is 137 Å². The van der Waals surface area contributed by atoms with Crippen LogP contribution in [-0.4, -0.2) is 19.0 Å². The van der Waals surface area contributed by atoms with Gasteiger partial charge >= 0.3 is 0 Å². The van der Waals surface area contributed by atoms with Crippen LogP contribution >= 0.6 is 24.0 Å². The molecule has 2 unspecified atom stereocenters. The van der Waals surface area contributed by atoms with E-state index in [0.29, 0.717) is 12.3 Å². The second kappa shape index (κ2) is 7.48. The lowest BCUT2D eigenvalue weighted by atomic mass is 10.0. The minimum Gasteiger partial charge on any atom is -0.349 e. The van der Waals surface area contributed by atoms with Crippen LogP contribution in [0.25, 0.3) is 0 Å². The molecule has 0 aromatic heterocycles. The lowest BCUT2D eigenvalue weighted by molar-refractivity contribution is -0.122. The highest BCUT2D eigenvalue weighted by Gasteiger charge is 2.25. The SMILES string of the molecule is Cl.O=C(CCC1CCNC1)NC1CCc2c(Cl)cccc21. The van der Waals surface area contributed by atoms with E-state index in [9.17, 15) is 4.79 Å². The molecule has 0 bridgehead atoms. The van der Waals surface area contributed by atoms with Crippen molar-refractivity contribution in [3.63, 3.8) is 0 Å². The van der Waals surface area contributed by atoms with Crippen molar-refractivity contribution in [1.29, 1.82) is 0 Å². The Kier molecular flexibility index (Phi) is 5.91. The van der Waals surface area contributed by atoms with Crippen LogP contribution < -0.4 is 10.6 Å². The summed E-state index contributed by atoms with van der Waals surface area (Å²) in [6.45, 7) is 2.16. The van der Waals surface area contributed by atoms with Crippen LogP contribution in [0, 0.1) is 5.92 Å². The maximum Gasteiger partial charge on any atom is 0.220 e. The molecule has 1 aromatic carbocycles. The third-order valence-corrected chi connectivity index (χ3v) is 4.84. The van der Waals surface area contributed by atoms with E-state index < -0.39 is 0 Å². The normalized spacial score (nSPS) is 23.5. The van der Waals surface area contributed by atoms with Crippen LogP contribution in [-0.2, 0) is 11.2 Å². The van der Waals surface area contributed by atoms with E-state index in [2.05, 4.69) is 16.7 Å². The zero-order chi connectivity index (χ0) is 13.9. The molecule has 1 aliphatic carbocycles. The number of benzene rings is 1. The molecule has 1 aliphatic heterocycles. The van der Waals surface area contributed by atoms with E-state index in [1.807, 2.05) is 12.1 Å². The van der Waals surface area contributed by atoms with Gasteiger partial charge in [-0.1, -0.05) is 23.7 Å². The van der Waals surface area contributed by atoms with Gasteiger partial charge in [-0.25, -0.2) is 0 Å². The number of nitrogens with one attached hydrogen (secondary N) is 2. The molecular formula is C16H22Cl2N2O. The molecule has 0 saturated carbocycles. The molecule has 0 spiro atoms. The molecule has 21 heavy (non-hydrogen) atoms. The first-order chi connectivity index (χ1) is 9.74. The van der Waals surface area contributed by atoms with Gasteiger partial charge in [-0.3, -0.25) is 4.79 Å². The fourth-order valence-electron chi connectivity index (χ4n) is 3.32. The highest BCUT2D eigenvalue weighted by Crippen LogP contribution is 2.35. The van der Waals surface area contributed by atoms with Crippen LogP contribution in [0.2, 0.25) is 5.02 Å². The van der Waals surface area contributed by atoms with Gasteiger partial charge in [0.25, 0.3) is 0 Å². The van der Waals surface area contributed by atoms with Crippen molar-refractivity contribution >= 4 is 29.9 Å². The first-order valence-corrected chi connectivity index (χ1v) is 7.89. The summed E-state index contributed by atoms with van der Waals surface area (Å²) in [6, 6.07) is 6.13. The topological polar surface area (TPSA) is 41.1 Å². The van der Waals surface area contributed by atoms with Crippen molar-refractivity contribution in [2.24, 2.45) is 5.92 Å². The minimum atomic E-state index is 0. The summed E-state index contributed by atoms with van der Waals surface area (Å²) in [6.07, 6.45) is 4.77. The average molecular weight is 329 g/mol. The maximum absolute atomic E-state index is 12.1. The molecule has 3 rings (SSSR count). The summed E-state index contributed by atoms with van der Waals surface area (Å²) in [7, 11) is 0. The lowest BCUT2D eigenvalue weighted by Gasteiger charge is -2.15. The Balaban J connectivity index is 0.00000161. The van der Waals surface area contributed by atoms with Crippen molar-refractivity contribution in [2.45, 2.75) is 38.1 Å². The second-order valence-electron chi connectivity index (χ2n) is 5.86. The predicted molar refractivity (Wildman–Crippen MR) is 88.1 cm³/mol. The van der Waals surface area contributed by atoms with Gasteiger partial charge in [0.1, 0.15) is 0 Å². The Morgan fingerprint density at radius 1 is 1.38 bits per heavy atom. The summed E-state index contributed by atoms with van der Waals surface area (Å²) < 4.78 is 0. The molecule has 1 fully saturated rings. The number of carbonyl (C=O) groups excluding carboxylic acids is 1. The van der Waals surface area contributed by atoms with E-state index >= 15 is 0 Å². The molecule has 1 saturated heterocycles. The molecule has 2 N–H and O–H groups in total. The minimum absolute atomic E-state index is 0. The van der Waals surface area contributed by atoms with Gasteiger partial charge in [-0.05, 0) is 61.9 Å². The molecule has 3 nitrogen and oxygen atoms in total. The van der Waals surface area contributed by atoms with E-state index in [1.54, 1.807) is 0 Å². The number of hydrogen-bond donors (Lipinski definition) is 2. The molecule has 2 atom stereocenters. The average Bonchev–Trinajstić information content (AvgIpc) is 3.07. The molecule has 116 valence electrons. The highest BCUT2D eigenvalue weighted by molar-refractivity contribution is 6.31. The van der Waals surface area contributed by atoms with E-state index in [0.717, 1.165) is 37.4 Å². The molecule has 1 amide bonds. The zero-order valence-electron chi connectivity index (χ0n) is 12.0. The fraction of sp³-hybridized carbons (Fsp3) is 0.562. The zero-order valence-corrected chi connectivity index (χ0v) is 13.6. The van der Waals surface area contributed by atoms with Gasteiger partial charge in [-0.2, -0.15) is 0 Å². The molecule has 5 heteroatoms. The molecular weight excluding hydrogens is 307 g/mol.